The summed E-state index contributed by atoms with van der Waals surface area (Å²) in [5, 5.41) is 6.02. The first-order valence-corrected chi connectivity index (χ1v) is 8.71. The van der Waals surface area contributed by atoms with Gasteiger partial charge in [0.2, 0.25) is 5.95 Å². The van der Waals surface area contributed by atoms with E-state index in [4.69, 9.17) is 0 Å². The number of carbonyl (C=O) groups excluding carboxylic acids is 1. The molecule has 0 spiro atoms. The number of rotatable bonds is 7. The molecule has 1 aromatic heterocycles. The number of nitrogens with zero attached hydrogens (tertiary/aromatic N) is 3. The standard InChI is InChI=1S/C19H27N5O/c1-6-24(7-2)16-10-8-15(9-11-16)22-19-21-14(5)12-17(23-19)18(25)20-13(3)4/h8-13H,6-7H2,1-5H3,(H,20,25)(H,21,22,23). The minimum absolute atomic E-state index is 0.0619. The van der Waals surface area contributed by atoms with E-state index in [9.17, 15) is 4.79 Å². The number of carbonyl (C=O) groups is 1. The molecule has 25 heavy (non-hydrogen) atoms. The number of aryl methyl sites for hydroxylation is 1. The lowest BCUT2D eigenvalue weighted by atomic mass is 10.2. The average Bonchev–Trinajstić information content (AvgIpc) is 2.56. The fourth-order valence-electron chi connectivity index (χ4n) is 2.55. The van der Waals surface area contributed by atoms with Crippen molar-refractivity contribution in [3.05, 3.63) is 41.7 Å². The van der Waals surface area contributed by atoms with Crippen LogP contribution in [0.2, 0.25) is 0 Å². The van der Waals surface area contributed by atoms with E-state index in [2.05, 4.69) is 51.5 Å². The zero-order chi connectivity index (χ0) is 18.4. The third-order valence-corrected chi connectivity index (χ3v) is 3.76. The van der Waals surface area contributed by atoms with Crippen LogP contribution in [0.4, 0.5) is 17.3 Å². The van der Waals surface area contributed by atoms with Gasteiger partial charge in [-0.2, -0.15) is 0 Å². The Labute approximate surface area is 149 Å². The molecule has 0 aliphatic rings. The Morgan fingerprint density at radius 2 is 1.76 bits per heavy atom. The van der Waals surface area contributed by atoms with E-state index < -0.39 is 0 Å². The molecule has 0 saturated carbocycles. The Morgan fingerprint density at radius 3 is 2.32 bits per heavy atom. The second kappa shape index (κ2) is 8.46. The van der Waals surface area contributed by atoms with E-state index in [1.807, 2.05) is 32.9 Å². The second-order valence-electron chi connectivity index (χ2n) is 6.19. The van der Waals surface area contributed by atoms with E-state index in [0.29, 0.717) is 11.6 Å². The number of amides is 1. The molecule has 0 aliphatic heterocycles. The molecule has 1 aromatic carbocycles. The molecule has 0 radical (unpaired) electrons. The lowest BCUT2D eigenvalue weighted by Crippen LogP contribution is -2.31. The summed E-state index contributed by atoms with van der Waals surface area (Å²) in [6, 6.07) is 9.87. The van der Waals surface area contributed by atoms with Crippen LogP contribution < -0.4 is 15.5 Å². The molecule has 0 unspecified atom stereocenters. The highest BCUT2D eigenvalue weighted by Gasteiger charge is 2.12. The first kappa shape index (κ1) is 18.7. The number of aromatic nitrogens is 2. The molecule has 0 bridgehead atoms. The summed E-state index contributed by atoms with van der Waals surface area (Å²) >= 11 is 0. The van der Waals surface area contributed by atoms with Crippen molar-refractivity contribution in [3.63, 3.8) is 0 Å². The summed E-state index contributed by atoms with van der Waals surface area (Å²) < 4.78 is 0. The normalized spacial score (nSPS) is 10.6. The van der Waals surface area contributed by atoms with Crippen LogP contribution in [0.3, 0.4) is 0 Å². The summed E-state index contributed by atoms with van der Waals surface area (Å²) in [5.74, 6) is 0.227. The number of hydrogen-bond acceptors (Lipinski definition) is 5. The molecule has 0 atom stereocenters. The van der Waals surface area contributed by atoms with Gasteiger partial charge in [-0.1, -0.05) is 0 Å². The lowest BCUT2D eigenvalue weighted by Gasteiger charge is -2.21. The molecule has 1 amide bonds. The highest BCUT2D eigenvalue weighted by molar-refractivity contribution is 5.92. The van der Waals surface area contributed by atoms with E-state index in [1.165, 1.54) is 5.69 Å². The zero-order valence-corrected chi connectivity index (χ0v) is 15.6. The van der Waals surface area contributed by atoms with Gasteiger partial charge in [-0.25, -0.2) is 9.97 Å². The van der Waals surface area contributed by atoms with Gasteiger partial charge in [-0.15, -0.1) is 0 Å². The predicted octanol–water partition coefficient (Wildman–Crippen LogP) is 3.51. The smallest absolute Gasteiger partial charge is 0.270 e. The van der Waals surface area contributed by atoms with Crippen molar-refractivity contribution in [2.75, 3.05) is 23.3 Å². The van der Waals surface area contributed by atoms with Crippen LogP contribution in [0, 0.1) is 6.92 Å². The third-order valence-electron chi connectivity index (χ3n) is 3.76. The van der Waals surface area contributed by atoms with Gasteiger partial charge in [0, 0.05) is 36.2 Å². The van der Waals surface area contributed by atoms with Crippen LogP contribution in [0.25, 0.3) is 0 Å². The number of anilines is 3. The summed E-state index contributed by atoms with van der Waals surface area (Å²) in [6.07, 6.45) is 0. The van der Waals surface area contributed by atoms with Crippen molar-refractivity contribution in [1.82, 2.24) is 15.3 Å². The van der Waals surface area contributed by atoms with Gasteiger partial charge in [-0.05, 0) is 65.0 Å². The molecule has 2 aromatic rings. The fraction of sp³-hybridized carbons (Fsp3) is 0.421. The maximum atomic E-state index is 12.2. The van der Waals surface area contributed by atoms with Crippen molar-refractivity contribution in [2.45, 2.75) is 40.7 Å². The van der Waals surface area contributed by atoms with Gasteiger partial charge in [0.1, 0.15) is 5.69 Å². The topological polar surface area (TPSA) is 70.2 Å². The minimum atomic E-state index is -0.194. The maximum Gasteiger partial charge on any atom is 0.270 e. The van der Waals surface area contributed by atoms with Crippen LogP contribution in [0.5, 0.6) is 0 Å². The van der Waals surface area contributed by atoms with Gasteiger partial charge in [-0.3, -0.25) is 4.79 Å². The van der Waals surface area contributed by atoms with Gasteiger partial charge in [0.05, 0.1) is 0 Å². The van der Waals surface area contributed by atoms with Crippen molar-refractivity contribution in [1.29, 1.82) is 0 Å². The third kappa shape index (κ3) is 5.17. The van der Waals surface area contributed by atoms with Gasteiger partial charge >= 0.3 is 0 Å². The van der Waals surface area contributed by atoms with Crippen LogP contribution in [-0.2, 0) is 0 Å². The molecular formula is C19H27N5O. The SMILES string of the molecule is CCN(CC)c1ccc(Nc2nc(C)cc(C(=O)NC(C)C)n2)cc1. The maximum absolute atomic E-state index is 12.2. The summed E-state index contributed by atoms with van der Waals surface area (Å²) in [7, 11) is 0. The first-order valence-electron chi connectivity index (χ1n) is 8.71. The molecule has 6 heteroatoms. The van der Waals surface area contributed by atoms with Crippen LogP contribution in [0.15, 0.2) is 30.3 Å². The number of nitrogens with one attached hydrogen (secondary N) is 2. The first-order chi connectivity index (χ1) is 11.9. The molecule has 134 valence electrons. The minimum Gasteiger partial charge on any atom is -0.372 e. The molecule has 2 N–H and O–H groups in total. The van der Waals surface area contributed by atoms with E-state index in [-0.39, 0.29) is 11.9 Å². The highest BCUT2D eigenvalue weighted by atomic mass is 16.1. The summed E-state index contributed by atoms with van der Waals surface area (Å²) in [5.41, 5.74) is 3.17. The second-order valence-corrected chi connectivity index (χ2v) is 6.19. The fourth-order valence-corrected chi connectivity index (χ4v) is 2.55. The molecule has 0 saturated heterocycles. The van der Waals surface area contributed by atoms with Gasteiger partial charge in [0.15, 0.2) is 0 Å². The van der Waals surface area contributed by atoms with Crippen LogP contribution >= 0.6 is 0 Å². The number of hydrogen-bond donors (Lipinski definition) is 2. The Hall–Kier alpha value is -2.63. The van der Waals surface area contributed by atoms with Crippen molar-refractivity contribution < 1.29 is 4.79 Å². The quantitative estimate of drug-likeness (QED) is 0.806. The predicted molar refractivity (Wildman–Crippen MR) is 103 cm³/mol. The van der Waals surface area contributed by atoms with Crippen molar-refractivity contribution >= 4 is 23.2 Å². The van der Waals surface area contributed by atoms with Crippen molar-refractivity contribution in [3.8, 4) is 0 Å². The molecule has 6 nitrogen and oxygen atoms in total. The van der Waals surface area contributed by atoms with Crippen molar-refractivity contribution in [2.24, 2.45) is 0 Å². The highest BCUT2D eigenvalue weighted by Crippen LogP contribution is 2.20. The molecular weight excluding hydrogens is 314 g/mol. The van der Waals surface area contributed by atoms with E-state index >= 15 is 0 Å². The largest absolute Gasteiger partial charge is 0.372 e. The molecule has 1 heterocycles. The summed E-state index contributed by atoms with van der Waals surface area (Å²) in [6.45, 7) is 11.9. The van der Waals surface area contributed by atoms with Crippen LogP contribution in [-0.4, -0.2) is 35.0 Å². The average molecular weight is 341 g/mol. The lowest BCUT2D eigenvalue weighted by molar-refractivity contribution is 0.0938. The summed E-state index contributed by atoms with van der Waals surface area (Å²) in [4.78, 5) is 23.1. The Balaban J connectivity index is 2.17. The van der Waals surface area contributed by atoms with Gasteiger partial charge < -0.3 is 15.5 Å². The van der Waals surface area contributed by atoms with Crippen LogP contribution in [0.1, 0.15) is 43.9 Å². The number of benzene rings is 1. The molecule has 0 aliphatic carbocycles. The molecule has 0 fully saturated rings. The Morgan fingerprint density at radius 1 is 1.12 bits per heavy atom. The molecule has 2 rings (SSSR count). The van der Waals surface area contributed by atoms with E-state index in [1.54, 1.807) is 6.07 Å². The van der Waals surface area contributed by atoms with Gasteiger partial charge in [0.25, 0.3) is 5.91 Å². The zero-order valence-electron chi connectivity index (χ0n) is 15.6. The monoisotopic (exact) mass is 341 g/mol. The Bertz CT molecular complexity index is 708. The van der Waals surface area contributed by atoms with E-state index in [0.717, 1.165) is 24.5 Å². The Kier molecular flexibility index (Phi) is 6.33.